The van der Waals surface area contributed by atoms with Gasteiger partial charge in [-0.1, -0.05) is 28.7 Å². The van der Waals surface area contributed by atoms with Crippen LogP contribution in [0.4, 0.5) is 5.69 Å². The van der Waals surface area contributed by atoms with Gasteiger partial charge in [-0.15, -0.1) is 0 Å². The second kappa shape index (κ2) is 3.87. The van der Waals surface area contributed by atoms with Crippen molar-refractivity contribution < 1.29 is 4.79 Å². The lowest BCUT2D eigenvalue weighted by molar-refractivity contribution is -0.121. The molecule has 1 atom stereocenters. The Morgan fingerprint density at radius 1 is 1.47 bits per heavy atom. The van der Waals surface area contributed by atoms with Crippen LogP contribution in [0.1, 0.15) is 12.5 Å². The van der Waals surface area contributed by atoms with E-state index in [1.165, 1.54) is 9.13 Å². The number of amides is 1. The molecule has 0 N–H and O–H groups in total. The van der Waals surface area contributed by atoms with Crippen molar-refractivity contribution >= 4 is 56.8 Å². The molecule has 1 aliphatic rings. The number of anilines is 1. The fraction of sp³-hybridized carbons (Fsp3) is 0.364. The largest absolute Gasteiger partial charge is 0.314 e. The molecule has 0 saturated heterocycles. The molecule has 0 saturated carbocycles. The van der Waals surface area contributed by atoms with Crippen LogP contribution >= 0.6 is 45.2 Å². The molecule has 0 spiro atoms. The standard InChI is InChI=1S/C11H11I2NO/c1-11(6-12)9-7(13)4-3-5-8(9)14(2)10(11)15/h3-5H,6H2,1-2H3. The molecule has 2 rings (SSSR count). The van der Waals surface area contributed by atoms with Gasteiger partial charge in [-0.25, -0.2) is 0 Å². The molecule has 4 heteroatoms. The van der Waals surface area contributed by atoms with Gasteiger partial charge in [-0.3, -0.25) is 4.79 Å². The zero-order valence-electron chi connectivity index (χ0n) is 8.55. The molecule has 1 aliphatic heterocycles. The first-order valence-electron chi connectivity index (χ1n) is 4.65. The summed E-state index contributed by atoms with van der Waals surface area (Å²) in [6.07, 6.45) is 0. The number of carbonyl (C=O) groups excluding carboxylic acids is 1. The lowest BCUT2D eigenvalue weighted by atomic mass is 9.86. The summed E-state index contributed by atoms with van der Waals surface area (Å²) in [5.41, 5.74) is 1.90. The maximum absolute atomic E-state index is 12.2. The van der Waals surface area contributed by atoms with Crippen molar-refractivity contribution in [3.63, 3.8) is 0 Å². The number of carbonyl (C=O) groups is 1. The normalized spacial score (nSPS) is 24.5. The minimum Gasteiger partial charge on any atom is -0.314 e. The zero-order valence-corrected chi connectivity index (χ0v) is 12.9. The zero-order chi connectivity index (χ0) is 11.2. The van der Waals surface area contributed by atoms with E-state index in [1.807, 2.05) is 26.1 Å². The summed E-state index contributed by atoms with van der Waals surface area (Å²) in [7, 11) is 1.86. The Morgan fingerprint density at radius 2 is 2.13 bits per heavy atom. The first kappa shape index (κ1) is 11.6. The molecule has 1 unspecified atom stereocenters. The van der Waals surface area contributed by atoms with E-state index >= 15 is 0 Å². The van der Waals surface area contributed by atoms with Gasteiger partial charge in [-0.2, -0.15) is 0 Å². The maximum atomic E-state index is 12.2. The Balaban J connectivity index is 2.73. The summed E-state index contributed by atoms with van der Waals surface area (Å²) < 4.78 is 2.00. The second-order valence-electron chi connectivity index (χ2n) is 3.96. The summed E-state index contributed by atoms with van der Waals surface area (Å²) in [5, 5.41) is 0. The van der Waals surface area contributed by atoms with Gasteiger partial charge in [-0.05, 0) is 41.6 Å². The number of hydrogen-bond donors (Lipinski definition) is 0. The predicted molar refractivity (Wildman–Crippen MR) is 78.8 cm³/mol. The highest BCUT2D eigenvalue weighted by Crippen LogP contribution is 2.44. The van der Waals surface area contributed by atoms with Crippen molar-refractivity contribution in [2.45, 2.75) is 12.3 Å². The van der Waals surface area contributed by atoms with Gasteiger partial charge in [0.05, 0.1) is 5.41 Å². The third-order valence-corrected chi connectivity index (χ3v) is 5.37. The van der Waals surface area contributed by atoms with Crippen molar-refractivity contribution in [1.82, 2.24) is 0 Å². The number of nitrogens with zero attached hydrogens (tertiary/aromatic N) is 1. The Hall–Kier alpha value is 0.150. The van der Waals surface area contributed by atoms with E-state index in [9.17, 15) is 4.79 Å². The highest BCUT2D eigenvalue weighted by atomic mass is 127. The molecular weight excluding hydrogens is 416 g/mol. The average molecular weight is 427 g/mol. The number of fused-ring (bicyclic) bond motifs is 1. The summed E-state index contributed by atoms with van der Waals surface area (Å²) in [5.74, 6) is 0.205. The minimum absolute atomic E-state index is 0.205. The minimum atomic E-state index is -0.345. The lowest BCUT2D eigenvalue weighted by Gasteiger charge is -2.20. The van der Waals surface area contributed by atoms with E-state index in [1.54, 1.807) is 4.90 Å². The van der Waals surface area contributed by atoms with E-state index < -0.39 is 0 Å². The van der Waals surface area contributed by atoms with E-state index in [-0.39, 0.29) is 11.3 Å². The van der Waals surface area contributed by atoms with Gasteiger partial charge < -0.3 is 4.90 Å². The number of alkyl halides is 1. The molecule has 1 amide bonds. The van der Waals surface area contributed by atoms with Gasteiger partial charge in [0.15, 0.2) is 0 Å². The molecule has 0 fully saturated rings. The van der Waals surface area contributed by atoms with Gasteiger partial charge >= 0.3 is 0 Å². The smallest absolute Gasteiger partial charge is 0.238 e. The van der Waals surface area contributed by atoms with Crippen LogP contribution in [0.3, 0.4) is 0 Å². The molecule has 1 heterocycles. The SMILES string of the molecule is CN1C(=O)C(C)(CI)c2c(I)cccc21. The fourth-order valence-electron chi connectivity index (χ4n) is 2.05. The first-order valence-corrected chi connectivity index (χ1v) is 7.26. The van der Waals surface area contributed by atoms with Crippen molar-refractivity contribution in [3.8, 4) is 0 Å². The van der Waals surface area contributed by atoms with Gasteiger partial charge in [0, 0.05) is 26.3 Å². The fourth-order valence-corrected chi connectivity index (χ4v) is 3.84. The summed E-state index contributed by atoms with van der Waals surface area (Å²) in [4.78, 5) is 14.0. The maximum Gasteiger partial charge on any atom is 0.238 e. The number of likely N-dealkylation sites (N-methyl/N-ethyl adjacent to an activating group) is 1. The second-order valence-corrected chi connectivity index (χ2v) is 5.89. The molecule has 0 aliphatic carbocycles. The van der Waals surface area contributed by atoms with Gasteiger partial charge in [0.1, 0.15) is 0 Å². The van der Waals surface area contributed by atoms with Crippen LogP contribution in [0.25, 0.3) is 0 Å². The molecule has 0 aromatic heterocycles. The Labute approximate surface area is 117 Å². The Kier molecular flexibility index (Phi) is 3.00. The molecule has 0 radical (unpaired) electrons. The Morgan fingerprint density at radius 3 is 2.73 bits per heavy atom. The van der Waals surface area contributed by atoms with E-state index in [4.69, 9.17) is 0 Å². The first-order chi connectivity index (χ1) is 7.02. The van der Waals surface area contributed by atoms with Crippen LogP contribution in [-0.4, -0.2) is 17.4 Å². The van der Waals surface area contributed by atoms with Crippen molar-refractivity contribution in [3.05, 3.63) is 27.3 Å². The van der Waals surface area contributed by atoms with Crippen LogP contribution in [0.5, 0.6) is 0 Å². The Bertz CT molecular complexity index is 433. The number of halogens is 2. The molecule has 1 aromatic carbocycles. The van der Waals surface area contributed by atoms with Crippen molar-refractivity contribution in [2.75, 3.05) is 16.4 Å². The summed E-state index contributed by atoms with van der Waals surface area (Å²) in [6, 6.07) is 6.09. The number of benzene rings is 1. The third-order valence-electron chi connectivity index (χ3n) is 2.95. The molecule has 2 nitrogen and oxygen atoms in total. The van der Waals surface area contributed by atoms with E-state index in [0.29, 0.717) is 0 Å². The lowest BCUT2D eigenvalue weighted by Crippen LogP contribution is -2.37. The van der Waals surface area contributed by atoms with Gasteiger partial charge in [0.25, 0.3) is 0 Å². The predicted octanol–water partition coefficient (Wildman–Crippen LogP) is 2.96. The number of hydrogen-bond acceptors (Lipinski definition) is 1. The van der Waals surface area contributed by atoms with E-state index in [2.05, 4.69) is 51.2 Å². The van der Waals surface area contributed by atoms with Gasteiger partial charge in [0.2, 0.25) is 5.91 Å². The quantitative estimate of drug-likeness (QED) is 0.499. The molecular formula is C11H11I2NO. The van der Waals surface area contributed by atoms with Crippen LogP contribution in [0.15, 0.2) is 18.2 Å². The van der Waals surface area contributed by atoms with Crippen LogP contribution < -0.4 is 4.90 Å². The summed E-state index contributed by atoms with van der Waals surface area (Å²) in [6.45, 7) is 2.03. The van der Waals surface area contributed by atoms with Crippen LogP contribution in [0, 0.1) is 3.57 Å². The number of rotatable bonds is 1. The highest BCUT2D eigenvalue weighted by Gasteiger charge is 2.46. The molecule has 1 aromatic rings. The van der Waals surface area contributed by atoms with Crippen LogP contribution in [-0.2, 0) is 10.2 Å². The molecule has 15 heavy (non-hydrogen) atoms. The molecule has 0 bridgehead atoms. The van der Waals surface area contributed by atoms with Crippen molar-refractivity contribution in [1.29, 1.82) is 0 Å². The average Bonchev–Trinajstić information content (AvgIpc) is 2.43. The molecule has 80 valence electrons. The monoisotopic (exact) mass is 427 g/mol. The van der Waals surface area contributed by atoms with E-state index in [0.717, 1.165) is 10.1 Å². The highest BCUT2D eigenvalue weighted by molar-refractivity contribution is 14.1. The third kappa shape index (κ3) is 1.51. The van der Waals surface area contributed by atoms with Crippen molar-refractivity contribution in [2.24, 2.45) is 0 Å². The topological polar surface area (TPSA) is 20.3 Å². The summed E-state index contributed by atoms with van der Waals surface area (Å²) >= 11 is 4.61. The van der Waals surface area contributed by atoms with Crippen LogP contribution in [0.2, 0.25) is 0 Å².